The molecule has 31 heavy (non-hydrogen) atoms. The molecule has 7 nitrogen and oxygen atoms in total. The fraction of sp³-hybridized carbons (Fsp3) is 0.783. The van der Waals surface area contributed by atoms with Gasteiger partial charge >= 0.3 is 13.8 Å². The van der Waals surface area contributed by atoms with Crippen LogP contribution in [0.3, 0.4) is 0 Å². The fourth-order valence-electron chi connectivity index (χ4n) is 2.77. The zero-order valence-corrected chi connectivity index (χ0v) is 20.3. The van der Waals surface area contributed by atoms with Gasteiger partial charge in [-0.1, -0.05) is 63.3 Å². The van der Waals surface area contributed by atoms with Crippen molar-refractivity contribution in [1.82, 2.24) is 0 Å². The molecule has 0 aromatic rings. The summed E-state index contributed by atoms with van der Waals surface area (Å²) < 4.78 is 25.4. The molecule has 0 fully saturated rings. The van der Waals surface area contributed by atoms with Crippen LogP contribution in [0.1, 0.15) is 90.9 Å². The van der Waals surface area contributed by atoms with Crippen molar-refractivity contribution in [2.24, 2.45) is 0 Å². The molecule has 0 bridgehead atoms. The van der Waals surface area contributed by atoms with Gasteiger partial charge < -0.3 is 14.7 Å². The molecule has 0 saturated heterocycles. The zero-order chi connectivity index (χ0) is 23.2. The van der Waals surface area contributed by atoms with Crippen LogP contribution in [0.15, 0.2) is 24.3 Å². The smallest absolute Gasteiger partial charge is 0.463 e. The number of hydrogen-bond acceptors (Lipinski definition) is 6. The molecular weight excluding hydrogens is 419 g/mol. The Hall–Kier alpha value is -0.980. The Balaban J connectivity index is 3.51. The summed E-state index contributed by atoms with van der Waals surface area (Å²) in [5, 5.41) is 9.63. The van der Waals surface area contributed by atoms with Crippen LogP contribution in [-0.4, -0.2) is 41.9 Å². The average Bonchev–Trinajstić information content (AvgIpc) is 2.73. The van der Waals surface area contributed by atoms with Gasteiger partial charge in [-0.2, -0.15) is 0 Å². The van der Waals surface area contributed by atoms with Crippen molar-refractivity contribution < 1.29 is 33.1 Å². The van der Waals surface area contributed by atoms with Crippen LogP contribution in [0.4, 0.5) is 0 Å². The molecule has 0 spiro atoms. The maximum absolute atomic E-state index is 11.7. The number of hydrogen-bond donors (Lipinski definition) is 2. The number of unbranched alkanes of at least 4 members (excludes halogenated alkanes) is 8. The highest BCUT2D eigenvalue weighted by atomic mass is 31.2. The van der Waals surface area contributed by atoms with E-state index in [-0.39, 0.29) is 19.2 Å². The summed E-state index contributed by atoms with van der Waals surface area (Å²) in [6, 6.07) is 0. The molecule has 0 aliphatic carbocycles. The molecular formula is C23H43O7P. The molecule has 8 heteroatoms. The number of phosphoric acid groups is 1. The number of allylic oxidation sites excluding steroid dienone is 4. The van der Waals surface area contributed by atoms with Crippen LogP contribution >= 0.6 is 7.82 Å². The quantitative estimate of drug-likeness (QED) is 0.0953. The molecule has 0 rings (SSSR count). The van der Waals surface area contributed by atoms with E-state index in [4.69, 9.17) is 4.74 Å². The van der Waals surface area contributed by atoms with Crippen LogP contribution in [-0.2, 0) is 23.1 Å². The van der Waals surface area contributed by atoms with Crippen molar-refractivity contribution in [2.45, 2.75) is 97.0 Å². The Morgan fingerprint density at radius 2 is 1.48 bits per heavy atom. The molecule has 0 amide bonds. The van der Waals surface area contributed by atoms with E-state index in [1.165, 1.54) is 25.7 Å². The molecule has 0 radical (unpaired) electrons. The SMILES string of the molecule is CCCCC/C=C\C/C=C\CCCCCCCC(=O)OCC(O)COP(=O)(O)OCC. The Morgan fingerprint density at radius 3 is 2.13 bits per heavy atom. The molecule has 2 atom stereocenters. The minimum atomic E-state index is -4.15. The van der Waals surface area contributed by atoms with E-state index in [1.54, 1.807) is 6.92 Å². The maximum atomic E-state index is 11.7. The molecule has 0 heterocycles. The largest absolute Gasteiger partial charge is 0.472 e. The van der Waals surface area contributed by atoms with Crippen LogP contribution in [0.5, 0.6) is 0 Å². The molecule has 0 aromatic heterocycles. The predicted octanol–water partition coefficient (Wildman–Crippen LogP) is 5.86. The average molecular weight is 463 g/mol. The lowest BCUT2D eigenvalue weighted by molar-refractivity contribution is -0.147. The first-order valence-corrected chi connectivity index (χ1v) is 13.2. The minimum Gasteiger partial charge on any atom is -0.463 e. The number of ether oxygens (including phenoxy) is 1. The molecule has 0 saturated carbocycles. The van der Waals surface area contributed by atoms with Crippen molar-refractivity contribution in [3.8, 4) is 0 Å². The van der Waals surface area contributed by atoms with E-state index in [2.05, 4.69) is 40.3 Å². The molecule has 0 aliphatic rings. The summed E-state index contributed by atoms with van der Waals surface area (Å²) >= 11 is 0. The standard InChI is InChI=1S/C23H43O7P/c1-3-5-6-7-8-9-10-11-12-13-14-15-16-17-18-19-23(25)28-20-22(24)21-30-31(26,27)29-4-2/h8-9,11-12,22,24H,3-7,10,13-21H2,1-2H3,(H,26,27)/b9-8-,12-11-. The van der Waals surface area contributed by atoms with Crippen molar-refractivity contribution in [3.63, 3.8) is 0 Å². The van der Waals surface area contributed by atoms with Gasteiger partial charge in [0.1, 0.15) is 12.7 Å². The summed E-state index contributed by atoms with van der Waals surface area (Å²) in [6.07, 6.45) is 20.4. The van der Waals surface area contributed by atoms with Gasteiger partial charge in [0, 0.05) is 6.42 Å². The lowest BCUT2D eigenvalue weighted by Crippen LogP contribution is -2.23. The molecule has 182 valence electrons. The van der Waals surface area contributed by atoms with E-state index in [0.717, 1.165) is 44.9 Å². The number of esters is 1. The van der Waals surface area contributed by atoms with Crippen molar-refractivity contribution >= 4 is 13.8 Å². The highest BCUT2D eigenvalue weighted by Crippen LogP contribution is 2.42. The van der Waals surface area contributed by atoms with E-state index in [1.807, 2.05) is 0 Å². The highest BCUT2D eigenvalue weighted by Gasteiger charge is 2.22. The second kappa shape index (κ2) is 20.9. The number of carbonyl (C=O) groups excluding carboxylic acids is 1. The van der Waals surface area contributed by atoms with Crippen LogP contribution in [0, 0.1) is 0 Å². The Labute approximate surface area is 188 Å². The van der Waals surface area contributed by atoms with Gasteiger partial charge in [0.2, 0.25) is 0 Å². The summed E-state index contributed by atoms with van der Waals surface area (Å²) in [5.41, 5.74) is 0. The second-order valence-corrected chi connectivity index (χ2v) is 8.95. The first-order valence-electron chi connectivity index (χ1n) is 11.7. The van der Waals surface area contributed by atoms with Gasteiger partial charge in [-0.05, 0) is 45.4 Å². The lowest BCUT2D eigenvalue weighted by Gasteiger charge is -2.14. The predicted molar refractivity (Wildman–Crippen MR) is 124 cm³/mol. The van der Waals surface area contributed by atoms with Gasteiger partial charge in [0.05, 0.1) is 13.2 Å². The van der Waals surface area contributed by atoms with Gasteiger partial charge in [-0.15, -0.1) is 0 Å². The molecule has 2 unspecified atom stereocenters. The van der Waals surface area contributed by atoms with Crippen molar-refractivity contribution in [3.05, 3.63) is 24.3 Å². The number of phosphoric ester groups is 1. The second-order valence-electron chi connectivity index (χ2n) is 7.50. The van der Waals surface area contributed by atoms with E-state index in [9.17, 15) is 19.4 Å². The van der Waals surface area contributed by atoms with Crippen molar-refractivity contribution in [2.75, 3.05) is 19.8 Å². The Bertz CT molecular complexity index is 534. The maximum Gasteiger partial charge on any atom is 0.472 e. The fourth-order valence-corrected chi connectivity index (χ4v) is 3.53. The van der Waals surface area contributed by atoms with Gasteiger partial charge in [0.15, 0.2) is 0 Å². The van der Waals surface area contributed by atoms with Crippen LogP contribution < -0.4 is 0 Å². The summed E-state index contributed by atoms with van der Waals surface area (Å²) in [7, 11) is -4.15. The third kappa shape index (κ3) is 22.0. The van der Waals surface area contributed by atoms with E-state index < -0.39 is 20.5 Å². The molecule has 2 N–H and O–H groups in total. The highest BCUT2D eigenvalue weighted by molar-refractivity contribution is 7.47. The van der Waals surface area contributed by atoms with Gasteiger partial charge in [-0.25, -0.2) is 4.57 Å². The Kier molecular flexibility index (Phi) is 20.2. The topological polar surface area (TPSA) is 102 Å². The zero-order valence-electron chi connectivity index (χ0n) is 19.4. The lowest BCUT2D eigenvalue weighted by atomic mass is 10.1. The van der Waals surface area contributed by atoms with Gasteiger partial charge in [-0.3, -0.25) is 13.8 Å². The summed E-state index contributed by atoms with van der Waals surface area (Å²) in [5.74, 6) is -0.387. The first-order chi connectivity index (χ1) is 14.9. The minimum absolute atomic E-state index is 0.0202. The molecule has 0 aromatic carbocycles. The normalized spacial score (nSPS) is 14.8. The summed E-state index contributed by atoms with van der Waals surface area (Å²) in [6.45, 7) is 3.08. The van der Waals surface area contributed by atoms with Crippen molar-refractivity contribution in [1.29, 1.82) is 0 Å². The molecule has 0 aliphatic heterocycles. The monoisotopic (exact) mass is 462 g/mol. The van der Waals surface area contributed by atoms with Crippen LogP contribution in [0.25, 0.3) is 0 Å². The third-order valence-electron chi connectivity index (χ3n) is 4.49. The number of aliphatic hydroxyl groups is 1. The van der Waals surface area contributed by atoms with E-state index in [0.29, 0.717) is 6.42 Å². The number of carbonyl (C=O) groups is 1. The number of aliphatic hydroxyl groups excluding tert-OH is 1. The van der Waals surface area contributed by atoms with E-state index >= 15 is 0 Å². The number of rotatable bonds is 21. The van der Waals surface area contributed by atoms with Gasteiger partial charge in [0.25, 0.3) is 0 Å². The summed E-state index contributed by atoms with van der Waals surface area (Å²) in [4.78, 5) is 20.9. The Morgan fingerprint density at radius 1 is 0.871 bits per heavy atom. The third-order valence-corrected chi connectivity index (χ3v) is 5.55. The first kappa shape index (κ1) is 30.0. The van der Waals surface area contributed by atoms with Crippen LogP contribution in [0.2, 0.25) is 0 Å².